The van der Waals surface area contributed by atoms with Crippen LogP contribution in [-0.4, -0.2) is 24.9 Å². The summed E-state index contributed by atoms with van der Waals surface area (Å²) in [5.41, 5.74) is 8.52. The summed E-state index contributed by atoms with van der Waals surface area (Å²) in [4.78, 5) is 14.5. The summed E-state index contributed by atoms with van der Waals surface area (Å²) in [6.07, 6.45) is 0.723. The van der Waals surface area contributed by atoms with Crippen molar-refractivity contribution >= 4 is 34.6 Å². The van der Waals surface area contributed by atoms with E-state index in [0.717, 1.165) is 18.1 Å². The molecule has 1 aliphatic carbocycles. The summed E-state index contributed by atoms with van der Waals surface area (Å²) in [6.45, 7) is 1.81. The molecule has 0 aromatic heterocycles. The van der Waals surface area contributed by atoms with E-state index in [9.17, 15) is 18.0 Å². The number of alkyl halides is 2. The van der Waals surface area contributed by atoms with Crippen LogP contribution in [0.25, 0.3) is 0 Å². The molecule has 29 heavy (non-hydrogen) atoms. The third-order valence-corrected chi connectivity index (χ3v) is 5.93. The molecule has 0 spiro atoms. The topological polar surface area (TPSA) is 58.4 Å². The van der Waals surface area contributed by atoms with Crippen LogP contribution in [-0.2, 0) is 0 Å². The number of halogens is 4. The maximum absolute atomic E-state index is 13.8. The van der Waals surface area contributed by atoms with E-state index < -0.39 is 24.2 Å². The first kappa shape index (κ1) is 19.9. The van der Waals surface area contributed by atoms with Crippen LogP contribution < -0.4 is 16.0 Å². The van der Waals surface area contributed by atoms with Crippen molar-refractivity contribution < 1.29 is 18.0 Å². The number of benzene rings is 2. The highest BCUT2D eigenvalue weighted by molar-refractivity contribution is 6.31. The van der Waals surface area contributed by atoms with E-state index in [-0.39, 0.29) is 29.5 Å². The molecule has 154 valence electrons. The fraction of sp³-hybridized carbons (Fsp3) is 0.381. The lowest BCUT2D eigenvalue weighted by Gasteiger charge is -2.23. The fourth-order valence-electron chi connectivity index (χ4n) is 3.86. The number of carbonyl (C=O) groups excluding carboxylic acids is 1. The molecule has 1 saturated carbocycles. The van der Waals surface area contributed by atoms with Crippen molar-refractivity contribution in [2.75, 3.05) is 29.0 Å². The van der Waals surface area contributed by atoms with Gasteiger partial charge in [-0.25, -0.2) is 13.2 Å². The number of nitrogens with two attached hydrogens (primary N) is 1. The molecule has 3 N–H and O–H groups in total. The molecule has 0 radical (unpaired) electrons. The molecule has 1 aliphatic heterocycles. The highest BCUT2D eigenvalue weighted by atomic mass is 35.5. The van der Waals surface area contributed by atoms with Crippen molar-refractivity contribution in [3.8, 4) is 0 Å². The van der Waals surface area contributed by atoms with Crippen LogP contribution in [0.4, 0.5) is 30.2 Å². The van der Waals surface area contributed by atoms with Gasteiger partial charge in [-0.05, 0) is 54.2 Å². The predicted molar refractivity (Wildman–Crippen MR) is 109 cm³/mol. The number of amides is 1. The first-order valence-corrected chi connectivity index (χ1v) is 9.85. The van der Waals surface area contributed by atoms with E-state index in [0.29, 0.717) is 23.0 Å². The average Bonchev–Trinajstić information content (AvgIpc) is 3.26. The predicted octanol–water partition coefficient (Wildman–Crippen LogP) is 5.28. The van der Waals surface area contributed by atoms with Crippen molar-refractivity contribution in [3.63, 3.8) is 0 Å². The van der Waals surface area contributed by atoms with Crippen LogP contribution in [0.5, 0.6) is 0 Å². The lowest BCUT2D eigenvalue weighted by molar-refractivity contribution is 0.0257. The number of carbonyl (C=O) groups is 1. The van der Waals surface area contributed by atoms with E-state index in [2.05, 4.69) is 12.2 Å². The van der Waals surface area contributed by atoms with Crippen molar-refractivity contribution in [2.24, 2.45) is 5.92 Å². The number of hydrogen-bond donors (Lipinski definition) is 2. The number of rotatable bonds is 4. The van der Waals surface area contributed by atoms with Crippen molar-refractivity contribution in [1.29, 1.82) is 0 Å². The van der Waals surface area contributed by atoms with Gasteiger partial charge in [0.25, 0.3) is 11.8 Å². The molecule has 4 nitrogen and oxygen atoms in total. The van der Waals surface area contributed by atoms with Crippen molar-refractivity contribution in [1.82, 2.24) is 0 Å². The molecule has 2 atom stereocenters. The quantitative estimate of drug-likeness (QED) is 0.657. The largest absolute Gasteiger partial charge is 0.398 e. The summed E-state index contributed by atoms with van der Waals surface area (Å²) in [6, 6.07) is 7.14. The Balaban J connectivity index is 1.69. The monoisotopic (exact) mass is 423 g/mol. The van der Waals surface area contributed by atoms with Crippen LogP contribution >= 0.6 is 11.6 Å². The summed E-state index contributed by atoms with van der Waals surface area (Å²) < 4.78 is 41.0. The number of anilines is 3. The fourth-order valence-corrected chi connectivity index (χ4v) is 4.04. The normalized spacial score (nSPS) is 22.6. The Morgan fingerprint density at radius 1 is 1.31 bits per heavy atom. The van der Waals surface area contributed by atoms with E-state index in [4.69, 9.17) is 17.3 Å². The molecule has 2 unspecified atom stereocenters. The third-order valence-electron chi connectivity index (χ3n) is 5.64. The first-order valence-electron chi connectivity index (χ1n) is 9.47. The van der Waals surface area contributed by atoms with Crippen molar-refractivity contribution in [2.45, 2.75) is 31.6 Å². The Labute approximate surface area is 171 Å². The summed E-state index contributed by atoms with van der Waals surface area (Å²) in [7, 11) is 0. The SMILES string of the molecule is CC1CC1c1cc(N2CCC(F)(F)C2)c(C(=O)Nc2ccc(F)c(Cl)c2)cc1N. The summed E-state index contributed by atoms with van der Waals surface area (Å²) in [5, 5.41) is 2.53. The molecule has 8 heteroatoms. The Hall–Kier alpha value is -2.41. The third kappa shape index (κ3) is 4.01. The Bertz CT molecular complexity index is 982. The molecule has 1 amide bonds. The number of nitrogens with one attached hydrogen (secondary N) is 1. The van der Waals surface area contributed by atoms with Gasteiger partial charge in [0, 0.05) is 24.3 Å². The summed E-state index contributed by atoms with van der Waals surface area (Å²) in [5.74, 6) is -3.15. The van der Waals surface area contributed by atoms with Crippen LogP contribution in [0.15, 0.2) is 30.3 Å². The maximum atomic E-state index is 13.8. The Morgan fingerprint density at radius 2 is 2.03 bits per heavy atom. The Morgan fingerprint density at radius 3 is 2.62 bits per heavy atom. The lowest BCUT2D eigenvalue weighted by Crippen LogP contribution is -2.27. The molecule has 0 bridgehead atoms. The van der Waals surface area contributed by atoms with Gasteiger partial charge in [-0.3, -0.25) is 4.79 Å². The smallest absolute Gasteiger partial charge is 0.266 e. The van der Waals surface area contributed by atoms with Crippen LogP contribution in [0.2, 0.25) is 5.02 Å². The van der Waals surface area contributed by atoms with Crippen LogP contribution in [0, 0.1) is 11.7 Å². The molecule has 4 rings (SSSR count). The first-order chi connectivity index (χ1) is 13.6. The van der Waals surface area contributed by atoms with Gasteiger partial charge in [0.15, 0.2) is 0 Å². The van der Waals surface area contributed by atoms with Crippen LogP contribution in [0.1, 0.15) is 41.6 Å². The zero-order valence-corrected chi connectivity index (χ0v) is 16.6. The van der Waals surface area contributed by atoms with Gasteiger partial charge < -0.3 is 16.0 Å². The second-order valence-corrected chi connectivity index (χ2v) is 8.34. The van der Waals surface area contributed by atoms with Gasteiger partial charge in [-0.2, -0.15) is 0 Å². The van der Waals surface area contributed by atoms with Gasteiger partial charge in [0.05, 0.1) is 22.8 Å². The van der Waals surface area contributed by atoms with Gasteiger partial charge in [-0.15, -0.1) is 0 Å². The van der Waals surface area contributed by atoms with Gasteiger partial charge in [-0.1, -0.05) is 18.5 Å². The van der Waals surface area contributed by atoms with E-state index >= 15 is 0 Å². The molecule has 1 saturated heterocycles. The van der Waals surface area contributed by atoms with E-state index in [1.54, 1.807) is 12.1 Å². The standard InChI is InChI=1S/C21H21ClF3N3O/c1-11-6-13(11)14-9-19(28-5-4-21(24,25)10-28)15(8-18(14)26)20(29)27-12-2-3-17(23)16(22)7-12/h2-3,7-9,11,13H,4-6,10,26H2,1H3,(H,27,29). The molecule has 2 fully saturated rings. The molecule has 2 aliphatic rings. The highest BCUT2D eigenvalue weighted by Gasteiger charge is 2.41. The van der Waals surface area contributed by atoms with Gasteiger partial charge >= 0.3 is 0 Å². The minimum Gasteiger partial charge on any atom is -0.398 e. The molecule has 2 aromatic carbocycles. The Kier molecular flexibility index (Phi) is 4.89. The van der Waals surface area contributed by atoms with Crippen molar-refractivity contribution in [3.05, 3.63) is 52.3 Å². The zero-order chi connectivity index (χ0) is 20.9. The molecular weight excluding hydrogens is 403 g/mol. The second-order valence-electron chi connectivity index (χ2n) is 7.93. The minimum atomic E-state index is -2.80. The van der Waals surface area contributed by atoms with E-state index in [1.807, 2.05) is 0 Å². The zero-order valence-electron chi connectivity index (χ0n) is 15.8. The van der Waals surface area contributed by atoms with Gasteiger partial charge in [0.2, 0.25) is 0 Å². The number of nitrogens with zero attached hydrogens (tertiary/aromatic N) is 1. The molecule has 1 heterocycles. The lowest BCUT2D eigenvalue weighted by atomic mass is 10.0. The average molecular weight is 424 g/mol. The minimum absolute atomic E-state index is 0.125. The summed E-state index contributed by atoms with van der Waals surface area (Å²) >= 11 is 5.77. The second kappa shape index (κ2) is 7.13. The number of nitrogen functional groups attached to an aromatic ring is 1. The maximum Gasteiger partial charge on any atom is 0.266 e. The highest BCUT2D eigenvalue weighted by Crippen LogP contribution is 2.50. The molecular formula is C21H21ClF3N3O. The van der Waals surface area contributed by atoms with E-state index in [1.165, 1.54) is 17.0 Å². The van der Waals surface area contributed by atoms with Gasteiger partial charge in [0.1, 0.15) is 5.82 Å². The number of hydrogen-bond acceptors (Lipinski definition) is 3. The molecule has 2 aromatic rings. The van der Waals surface area contributed by atoms with Crippen LogP contribution in [0.3, 0.4) is 0 Å².